The van der Waals surface area contributed by atoms with Crippen molar-refractivity contribution in [3.8, 4) is 0 Å². The Morgan fingerprint density at radius 2 is 1.89 bits per heavy atom. The van der Waals surface area contributed by atoms with Gasteiger partial charge in [0.05, 0.1) is 10.8 Å². The van der Waals surface area contributed by atoms with Gasteiger partial charge in [-0.25, -0.2) is 0 Å². The number of hydrogen-bond donors (Lipinski definition) is 2. The van der Waals surface area contributed by atoms with Crippen LogP contribution in [-0.2, 0) is 17.4 Å². The van der Waals surface area contributed by atoms with Crippen LogP contribution in [0.3, 0.4) is 0 Å². The number of alkyl halides is 3. The minimum Gasteiger partial charge on any atom is -0.335 e. The highest BCUT2D eigenvalue weighted by Crippen LogP contribution is 2.31. The fourth-order valence-corrected chi connectivity index (χ4v) is 3.19. The van der Waals surface area contributed by atoms with Crippen molar-refractivity contribution in [3.05, 3.63) is 35.4 Å². The van der Waals surface area contributed by atoms with Gasteiger partial charge in [-0.15, -0.1) is 24.4 Å². The van der Waals surface area contributed by atoms with Gasteiger partial charge in [-0.2, -0.15) is 13.2 Å². The number of hydrogen-bond acceptors (Lipinski definition) is 3. The first kappa shape index (κ1) is 13.6. The number of carbonyl (C=O) groups is 1. The largest absolute Gasteiger partial charge is 0.416 e. The Morgan fingerprint density at radius 1 is 1.28 bits per heavy atom. The van der Waals surface area contributed by atoms with Gasteiger partial charge < -0.3 is 5.32 Å². The third-order valence-electron chi connectivity index (χ3n) is 2.55. The molecule has 0 radical (unpaired) electrons. The van der Waals surface area contributed by atoms with Crippen LogP contribution in [-0.4, -0.2) is 15.9 Å². The molecule has 1 unspecified atom stereocenters. The van der Waals surface area contributed by atoms with E-state index >= 15 is 0 Å². The second-order valence-corrected chi connectivity index (χ2v) is 6.06. The molecule has 1 N–H and O–H groups in total. The van der Waals surface area contributed by atoms with Gasteiger partial charge in [0.25, 0.3) is 0 Å². The van der Waals surface area contributed by atoms with E-state index in [9.17, 15) is 18.0 Å². The van der Waals surface area contributed by atoms with Crippen molar-refractivity contribution in [2.45, 2.75) is 22.6 Å². The monoisotopic (exact) mass is 293 g/mol. The van der Waals surface area contributed by atoms with E-state index in [-0.39, 0.29) is 15.9 Å². The van der Waals surface area contributed by atoms with Crippen LogP contribution < -0.4 is 5.32 Å². The van der Waals surface area contributed by atoms with Crippen LogP contribution in [0, 0.1) is 0 Å². The summed E-state index contributed by atoms with van der Waals surface area (Å²) >= 11 is 5.47. The van der Waals surface area contributed by atoms with Crippen molar-refractivity contribution in [2.75, 3.05) is 0 Å². The molecule has 2 rings (SSSR count). The van der Waals surface area contributed by atoms with E-state index in [1.807, 2.05) is 0 Å². The lowest BCUT2D eigenvalue weighted by molar-refractivity contribution is -0.137. The van der Waals surface area contributed by atoms with Crippen LogP contribution in [0.25, 0.3) is 0 Å². The molecule has 1 heterocycles. The van der Waals surface area contributed by atoms with Crippen LogP contribution in [0.5, 0.6) is 0 Å². The Kier molecular flexibility index (Phi) is 3.82. The summed E-state index contributed by atoms with van der Waals surface area (Å²) in [5, 5.41) is 2.34. The summed E-state index contributed by atoms with van der Waals surface area (Å²) in [6, 6.07) is 4.88. The number of carbonyl (C=O) groups excluding carboxylic acids is 1. The summed E-state index contributed by atoms with van der Waals surface area (Å²) in [7, 11) is 0. The highest BCUT2D eigenvalue weighted by molar-refractivity contribution is 8.11. The van der Waals surface area contributed by atoms with Crippen LogP contribution in [0.15, 0.2) is 24.3 Å². The van der Waals surface area contributed by atoms with Gasteiger partial charge in [-0.3, -0.25) is 4.79 Å². The van der Waals surface area contributed by atoms with Gasteiger partial charge in [0, 0.05) is 0 Å². The second-order valence-electron chi connectivity index (χ2n) is 3.88. The molecular weight excluding hydrogens is 283 g/mol. The average Bonchev–Trinajstić information content (AvgIpc) is 2.57. The van der Waals surface area contributed by atoms with Gasteiger partial charge in [-0.05, 0) is 24.1 Å². The van der Waals surface area contributed by atoms with Crippen molar-refractivity contribution >= 4 is 30.3 Å². The maximum absolute atomic E-state index is 12.4. The molecule has 1 aliphatic rings. The SMILES string of the molecule is O=C1NC(S)S[C@@H]1Cc1ccc(C(F)(F)F)cc1. The molecule has 2 atom stereocenters. The molecule has 0 aliphatic carbocycles. The standard InChI is InChI=1S/C11H10F3NOS2/c12-11(13,14)7-3-1-6(2-4-7)5-8-9(16)15-10(17)18-8/h1-4,8,10,17H,5H2,(H,15,16)/t8-,10?/m1/s1. The number of benzene rings is 1. The number of thiol groups is 1. The predicted molar refractivity (Wildman–Crippen MR) is 67.4 cm³/mol. The van der Waals surface area contributed by atoms with Crippen molar-refractivity contribution < 1.29 is 18.0 Å². The minimum absolute atomic E-state index is 0.125. The summed E-state index contributed by atoms with van der Waals surface area (Å²) in [6.45, 7) is 0. The number of amides is 1. The molecule has 7 heteroatoms. The number of rotatable bonds is 2. The fraction of sp³-hybridized carbons (Fsp3) is 0.364. The molecule has 2 nitrogen and oxygen atoms in total. The highest BCUT2D eigenvalue weighted by atomic mass is 32.2. The third kappa shape index (κ3) is 3.14. The molecule has 1 aromatic carbocycles. The Bertz CT molecular complexity index is 447. The molecule has 0 aromatic heterocycles. The summed E-state index contributed by atoms with van der Waals surface area (Å²) in [4.78, 5) is 11.5. The van der Waals surface area contributed by atoms with E-state index < -0.39 is 11.7 Å². The van der Waals surface area contributed by atoms with E-state index in [1.165, 1.54) is 23.9 Å². The van der Waals surface area contributed by atoms with Gasteiger partial charge >= 0.3 is 6.18 Å². The maximum Gasteiger partial charge on any atom is 0.416 e. The lowest BCUT2D eigenvalue weighted by Gasteiger charge is -2.09. The van der Waals surface area contributed by atoms with Crippen LogP contribution in [0.1, 0.15) is 11.1 Å². The van der Waals surface area contributed by atoms with Crippen molar-refractivity contribution in [3.63, 3.8) is 0 Å². The Labute approximate surface area is 112 Å². The quantitative estimate of drug-likeness (QED) is 0.821. The molecule has 0 saturated carbocycles. The number of nitrogens with one attached hydrogen (secondary N) is 1. The van der Waals surface area contributed by atoms with E-state index in [0.29, 0.717) is 12.0 Å². The molecule has 1 aliphatic heterocycles. The van der Waals surface area contributed by atoms with Crippen molar-refractivity contribution in [1.82, 2.24) is 5.32 Å². The average molecular weight is 293 g/mol. The Morgan fingerprint density at radius 3 is 2.33 bits per heavy atom. The molecule has 1 fully saturated rings. The van der Waals surface area contributed by atoms with E-state index in [1.54, 1.807) is 0 Å². The van der Waals surface area contributed by atoms with Crippen molar-refractivity contribution in [2.24, 2.45) is 0 Å². The van der Waals surface area contributed by atoms with E-state index in [2.05, 4.69) is 17.9 Å². The summed E-state index contributed by atoms with van der Waals surface area (Å²) in [5.74, 6) is -0.125. The van der Waals surface area contributed by atoms with Crippen LogP contribution in [0.4, 0.5) is 13.2 Å². The molecular formula is C11H10F3NOS2. The topological polar surface area (TPSA) is 29.1 Å². The van der Waals surface area contributed by atoms with Crippen LogP contribution in [0.2, 0.25) is 0 Å². The fourth-order valence-electron chi connectivity index (χ4n) is 1.65. The summed E-state index contributed by atoms with van der Waals surface area (Å²) in [5.41, 5.74) is 0.0277. The summed E-state index contributed by atoms with van der Waals surface area (Å²) in [6.07, 6.45) is -3.92. The zero-order valence-corrected chi connectivity index (χ0v) is 10.8. The molecule has 18 heavy (non-hydrogen) atoms. The van der Waals surface area contributed by atoms with E-state index in [4.69, 9.17) is 0 Å². The number of thioether (sulfide) groups is 1. The van der Waals surface area contributed by atoms with Gasteiger partial charge in [0.2, 0.25) is 5.91 Å². The number of halogens is 3. The normalized spacial score (nSPS) is 24.1. The van der Waals surface area contributed by atoms with Crippen molar-refractivity contribution in [1.29, 1.82) is 0 Å². The van der Waals surface area contributed by atoms with Gasteiger partial charge in [0.1, 0.15) is 4.71 Å². The lowest BCUT2D eigenvalue weighted by atomic mass is 10.1. The highest BCUT2D eigenvalue weighted by Gasteiger charge is 2.32. The first-order valence-electron chi connectivity index (χ1n) is 5.16. The lowest BCUT2D eigenvalue weighted by Crippen LogP contribution is -2.26. The zero-order chi connectivity index (χ0) is 13.3. The molecule has 1 amide bonds. The third-order valence-corrected chi connectivity index (χ3v) is 4.13. The molecule has 0 spiro atoms. The van der Waals surface area contributed by atoms with E-state index in [0.717, 1.165) is 12.1 Å². The molecule has 0 bridgehead atoms. The van der Waals surface area contributed by atoms with Crippen LogP contribution >= 0.6 is 24.4 Å². The predicted octanol–water partition coefficient (Wildman–Crippen LogP) is 2.69. The molecule has 1 aromatic rings. The first-order valence-corrected chi connectivity index (χ1v) is 6.62. The summed E-state index contributed by atoms with van der Waals surface area (Å²) < 4.78 is 36.8. The smallest absolute Gasteiger partial charge is 0.335 e. The molecule has 1 saturated heterocycles. The second kappa shape index (κ2) is 5.05. The van der Waals surface area contributed by atoms with Gasteiger partial charge in [-0.1, -0.05) is 12.1 Å². The maximum atomic E-state index is 12.4. The zero-order valence-electron chi connectivity index (χ0n) is 9.07. The minimum atomic E-state index is -4.33. The molecule has 98 valence electrons. The Hall–Kier alpha value is -0.820. The van der Waals surface area contributed by atoms with Gasteiger partial charge in [0.15, 0.2) is 0 Å². The first-order chi connectivity index (χ1) is 8.36. The Balaban J connectivity index is 2.05.